The summed E-state index contributed by atoms with van der Waals surface area (Å²) in [6.45, 7) is 0.119. The molecule has 0 spiro atoms. The van der Waals surface area contributed by atoms with Gasteiger partial charge in [-0.3, -0.25) is 9.59 Å². The molecule has 0 saturated heterocycles. The van der Waals surface area contributed by atoms with Crippen molar-refractivity contribution in [3.05, 3.63) is 50.6 Å². The molecule has 0 radical (unpaired) electrons. The molecule has 0 amide bonds. The Morgan fingerprint density at radius 3 is 2.75 bits per heavy atom. The van der Waals surface area contributed by atoms with Crippen LogP contribution in [0.3, 0.4) is 0 Å². The van der Waals surface area contributed by atoms with Gasteiger partial charge in [0.05, 0.1) is 40.3 Å². The lowest BCUT2D eigenvalue weighted by atomic mass is 10.2. The topological polar surface area (TPSA) is 52.6 Å². The van der Waals surface area contributed by atoms with Crippen molar-refractivity contribution in [3.8, 4) is 5.75 Å². The summed E-state index contributed by atoms with van der Waals surface area (Å²) in [5.74, 6) is 0.0501. The molecule has 0 N–H and O–H groups in total. The van der Waals surface area contributed by atoms with Crippen molar-refractivity contribution in [1.82, 2.24) is 0 Å². The van der Waals surface area contributed by atoms with Gasteiger partial charge in [0.25, 0.3) is 0 Å². The van der Waals surface area contributed by atoms with Crippen molar-refractivity contribution in [3.63, 3.8) is 0 Å². The second kappa shape index (κ2) is 6.97. The van der Waals surface area contributed by atoms with E-state index in [-0.39, 0.29) is 34.5 Å². The number of benzene rings is 2. The van der Waals surface area contributed by atoms with Crippen LogP contribution >= 0.6 is 34.5 Å². The lowest BCUT2D eigenvalue weighted by molar-refractivity contribution is -0.141. The summed E-state index contributed by atoms with van der Waals surface area (Å²) in [7, 11) is 1.31. The third-order valence-corrected chi connectivity index (χ3v) is 5.47. The van der Waals surface area contributed by atoms with E-state index in [2.05, 4.69) is 4.74 Å². The Balaban J connectivity index is 2.17. The van der Waals surface area contributed by atoms with E-state index in [0.717, 1.165) is 4.70 Å². The standard InChI is InChI=1S/C17H12Cl2O4S/c1-22-13(20)6-7-23-11-8-10(18)15(19)14-16(21)9-4-2-3-5-12(9)24-17(11)14/h2-5,8H,6-7H2,1H3. The van der Waals surface area contributed by atoms with E-state index < -0.39 is 0 Å². The second-order valence-electron chi connectivity index (χ2n) is 4.98. The highest BCUT2D eigenvalue weighted by Gasteiger charge is 2.17. The largest absolute Gasteiger partial charge is 0.491 e. The second-order valence-corrected chi connectivity index (χ2v) is 6.81. The van der Waals surface area contributed by atoms with Crippen molar-refractivity contribution < 1.29 is 14.3 Å². The molecule has 7 heteroatoms. The highest BCUT2D eigenvalue weighted by atomic mass is 35.5. The third-order valence-electron chi connectivity index (χ3n) is 3.50. The maximum absolute atomic E-state index is 12.8. The van der Waals surface area contributed by atoms with Crippen LogP contribution in [0.2, 0.25) is 10.0 Å². The highest BCUT2D eigenvalue weighted by molar-refractivity contribution is 7.25. The van der Waals surface area contributed by atoms with Crippen LogP contribution in [0.5, 0.6) is 5.75 Å². The number of hydrogen-bond acceptors (Lipinski definition) is 5. The molecule has 0 aliphatic heterocycles. The van der Waals surface area contributed by atoms with Crippen LogP contribution < -0.4 is 10.2 Å². The molecule has 0 bridgehead atoms. The Bertz CT molecular complexity index is 997. The van der Waals surface area contributed by atoms with Gasteiger partial charge in [-0.25, -0.2) is 0 Å². The molecule has 0 aliphatic carbocycles. The molecular formula is C17H12Cl2O4S. The Labute approximate surface area is 151 Å². The summed E-state index contributed by atoms with van der Waals surface area (Å²) < 4.78 is 11.7. The average Bonchev–Trinajstić information content (AvgIpc) is 2.59. The number of carbonyl (C=O) groups excluding carboxylic acids is 1. The zero-order chi connectivity index (χ0) is 17.3. The fraction of sp³-hybridized carbons (Fsp3) is 0.176. The number of methoxy groups -OCH3 is 1. The number of carbonyl (C=O) groups is 1. The number of ether oxygens (including phenoxy) is 2. The molecule has 0 atom stereocenters. The molecule has 24 heavy (non-hydrogen) atoms. The first-order valence-electron chi connectivity index (χ1n) is 7.06. The third kappa shape index (κ3) is 3.07. The molecule has 124 valence electrons. The monoisotopic (exact) mass is 382 g/mol. The van der Waals surface area contributed by atoms with Gasteiger partial charge in [-0.2, -0.15) is 0 Å². The molecule has 4 nitrogen and oxygen atoms in total. The van der Waals surface area contributed by atoms with Crippen molar-refractivity contribution in [2.75, 3.05) is 13.7 Å². The highest BCUT2D eigenvalue weighted by Crippen LogP contribution is 2.40. The Morgan fingerprint density at radius 1 is 1.25 bits per heavy atom. The van der Waals surface area contributed by atoms with Crippen LogP contribution in [0.15, 0.2) is 35.1 Å². The van der Waals surface area contributed by atoms with Crippen LogP contribution in [-0.4, -0.2) is 19.7 Å². The van der Waals surface area contributed by atoms with Crippen molar-refractivity contribution in [2.24, 2.45) is 0 Å². The smallest absolute Gasteiger partial charge is 0.308 e. The van der Waals surface area contributed by atoms with Gasteiger partial charge >= 0.3 is 5.97 Å². The maximum Gasteiger partial charge on any atom is 0.308 e. The molecule has 0 aliphatic rings. The normalized spacial score (nSPS) is 11.0. The summed E-state index contributed by atoms with van der Waals surface area (Å²) in [6, 6.07) is 8.84. The van der Waals surface area contributed by atoms with E-state index in [1.54, 1.807) is 18.2 Å². The van der Waals surface area contributed by atoms with E-state index in [1.807, 2.05) is 12.1 Å². The Morgan fingerprint density at radius 2 is 2.00 bits per heavy atom. The molecule has 2 aromatic carbocycles. The fourth-order valence-electron chi connectivity index (χ4n) is 2.33. The van der Waals surface area contributed by atoms with Gasteiger partial charge in [0.1, 0.15) is 5.75 Å². The van der Waals surface area contributed by atoms with Gasteiger partial charge in [0.2, 0.25) is 0 Å². The number of rotatable bonds is 4. The molecule has 0 fully saturated rings. The summed E-state index contributed by atoms with van der Waals surface area (Å²) in [5.41, 5.74) is -0.190. The molecule has 0 saturated carbocycles. The van der Waals surface area contributed by atoms with E-state index in [9.17, 15) is 9.59 Å². The zero-order valence-corrected chi connectivity index (χ0v) is 14.9. The summed E-state index contributed by atoms with van der Waals surface area (Å²) in [6.07, 6.45) is 0.0979. The first kappa shape index (κ1) is 17.0. The zero-order valence-electron chi connectivity index (χ0n) is 12.6. The number of esters is 1. The van der Waals surface area contributed by atoms with Crippen LogP contribution in [0.4, 0.5) is 0 Å². The summed E-state index contributed by atoms with van der Waals surface area (Å²) in [4.78, 5) is 24.0. The van der Waals surface area contributed by atoms with E-state index in [0.29, 0.717) is 21.2 Å². The molecule has 3 aromatic rings. The Hall–Kier alpha value is -1.82. The molecule has 3 rings (SSSR count). The molecular weight excluding hydrogens is 371 g/mol. The Kier molecular flexibility index (Phi) is 4.94. The minimum atomic E-state index is -0.377. The van der Waals surface area contributed by atoms with E-state index in [4.69, 9.17) is 27.9 Å². The molecule has 1 heterocycles. The predicted molar refractivity (Wildman–Crippen MR) is 97.7 cm³/mol. The van der Waals surface area contributed by atoms with E-state index >= 15 is 0 Å². The van der Waals surface area contributed by atoms with Gasteiger partial charge in [0, 0.05) is 16.2 Å². The van der Waals surface area contributed by atoms with Crippen LogP contribution in [0.1, 0.15) is 6.42 Å². The minimum Gasteiger partial charge on any atom is -0.491 e. The summed E-state index contributed by atoms with van der Waals surface area (Å²) in [5, 5.41) is 1.36. The molecule has 0 unspecified atom stereocenters. The maximum atomic E-state index is 12.8. The van der Waals surface area contributed by atoms with Gasteiger partial charge in [-0.15, -0.1) is 11.3 Å². The van der Waals surface area contributed by atoms with Gasteiger partial charge in [0.15, 0.2) is 5.43 Å². The van der Waals surface area contributed by atoms with Gasteiger partial charge in [-0.1, -0.05) is 35.3 Å². The number of fused-ring (bicyclic) bond motifs is 2. The van der Waals surface area contributed by atoms with Crippen molar-refractivity contribution in [1.29, 1.82) is 0 Å². The van der Waals surface area contributed by atoms with E-state index in [1.165, 1.54) is 18.4 Å². The lowest BCUT2D eigenvalue weighted by Gasteiger charge is -2.11. The van der Waals surface area contributed by atoms with Crippen molar-refractivity contribution >= 4 is 60.7 Å². The van der Waals surface area contributed by atoms with Crippen LogP contribution in [0.25, 0.3) is 20.2 Å². The quantitative estimate of drug-likeness (QED) is 0.486. The first-order valence-corrected chi connectivity index (χ1v) is 8.63. The summed E-state index contributed by atoms with van der Waals surface area (Å²) >= 11 is 13.8. The van der Waals surface area contributed by atoms with Crippen LogP contribution in [-0.2, 0) is 9.53 Å². The SMILES string of the molecule is COC(=O)CCOc1cc(Cl)c(Cl)c2c(=O)c3ccccc3sc12. The lowest BCUT2D eigenvalue weighted by Crippen LogP contribution is -2.08. The van der Waals surface area contributed by atoms with Gasteiger partial charge < -0.3 is 9.47 Å². The van der Waals surface area contributed by atoms with Gasteiger partial charge in [-0.05, 0) is 12.1 Å². The van der Waals surface area contributed by atoms with Crippen LogP contribution in [0, 0.1) is 0 Å². The predicted octanol–water partition coefficient (Wildman–Crippen LogP) is 4.66. The average molecular weight is 383 g/mol. The van der Waals surface area contributed by atoms with Crippen molar-refractivity contribution in [2.45, 2.75) is 6.42 Å². The fourth-order valence-corrected chi connectivity index (χ4v) is 3.97. The first-order chi connectivity index (χ1) is 11.5. The molecule has 1 aromatic heterocycles. The minimum absolute atomic E-state index is 0.0979. The number of hydrogen-bond donors (Lipinski definition) is 0. The number of halogens is 2.